The van der Waals surface area contributed by atoms with Gasteiger partial charge < -0.3 is 38.7 Å². The molecule has 14 nitrogen and oxygen atoms in total. The molecular formula is C37H41N6O8P. The van der Waals surface area contributed by atoms with Crippen LogP contribution in [-0.4, -0.2) is 73.2 Å². The molecule has 6 atom stereocenters. The van der Waals surface area contributed by atoms with E-state index in [2.05, 4.69) is 19.7 Å². The molecule has 2 unspecified atom stereocenters. The topological polar surface area (TPSA) is 175 Å². The third-order valence-electron chi connectivity index (χ3n) is 10.1. The molecule has 0 amide bonds. The molecule has 15 heteroatoms. The van der Waals surface area contributed by atoms with Crippen molar-refractivity contribution in [1.82, 2.24) is 19.5 Å². The van der Waals surface area contributed by atoms with E-state index in [1.54, 1.807) is 12.4 Å². The molecule has 3 fully saturated rings. The number of ether oxygens (including phenoxy) is 4. The maximum Gasteiger partial charge on any atom is 0.408 e. The van der Waals surface area contributed by atoms with Crippen molar-refractivity contribution in [2.45, 2.75) is 81.8 Å². The predicted octanol–water partition coefficient (Wildman–Crippen LogP) is 6.11. The highest BCUT2D eigenvalue weighted by molar-refractivity contribution is 7.50. The molecule has 52 heavy (non-hydrogen) atoms. The number of esters is 1. The summed E-state index contributed by atoms with van der Waals surface area (Å²) in [6.07, 6.45) is 5.16. The Hall–Kier alpha value is -4.43. The van der Waals surface area contributed by atoms with Gasteiger partial charge >= 0.3 is 13.7 Å². The van der Waals surface area contributed by atoms with E-state index in [0.717, 1.165) is 42.0 Å². The Balaban J connectivity index is 1.09. The second kappa shape index (κ2) is 13.8. The standard InChI is InChI=1S/C37H41N6O8P/c1-24(35(44)47-19-25-11-4-3-5-12-25)42-52(45,50-28-16-10-14-26-13-6-7-15-27(26)28)48-20-29-32-36(2,51-37(49-32)17-8-9-18-37)30(21-46-29)43-23-41-31-33(38)39-22-40-34(31)43/h3-7,10-16,22-24,29-30,32,45H,8-9,17-21H2,1-2H3,(H2,38,39,40)/t24-,29+,30+,32?,36?,52-/m0/s1. The molecule has 2 aromatic heterocycles. The van der Waals surface area contributed by atoms with E-state index in [-0.39, 0.29) is 25.6 Å². The van der Waals surface area contributed by atoms with Gasteiger partial charge in [-0.3, -0.25) is 4.52 Å². The zero-order chi connectivity index (χ0) is 35.9. The molecule has 4 heterocycles. The average molecular weight is 729 g/mol. The summed E-state index contributed by atoms with van der Waals surface area (Å²) < 4.78 is 44.7. The van der Waals surface area contributed by atoms with Crippen molar-refractivity contribution in [2.24, 2.45) is 4.74 Å². The molecule has 2 saturated heterocycles. The van der Waals surface area contributed by atoms with Crippen LogP contribution >= 0.6 is 7.74 Å². The van der Waals surface area contributed by atoms with Crippen molar-refractivity contribution in [1.29, 1.82) is 0 Å². The SMILES string of the molecule is C[C@H](N=[P@](O)(OC[C@H]1OC[C@@H](n2cnc3c(N)ncnc32)C2(C)OC3(CCCC3)OC12)Oc1cccc2ccccc12)C(=O)OCc1ccccc1. The largest absolute Gasteiger partial charge is 0.459 e. The highest BCUT2D eigenvalue weighted by Gasteiger charge is 2.64. The van der Waals surface area contributed by atoms with E-state index >= 15 is 0 Å². The highest BCUT2D eigenvalue weighted by Crippen LogP contribution is 2.55. The molecule has 5 aromatic rings. The van der Waals surface area contributed by atoms with Crippen LogP contribution in [0.3, 0.4) is 0 Å². The molecule has 1 aliphatic carbocycles. The number of nitrogen functional groups attached to an aromatic ring is 1. The van der Waals surface area contributed by atoms with Crippen molar-refractivity contribution in [3.8, 4) is 5.75 Å². The summed E-state index contributed by atoms with van der Waals surface area (Å²) in [5.74, 6) is -0.791. The normalized spacial score (nSPS) is 25.5. The molecule has 272 valence electrons. The van der Waals surface area contributed by atoms with E-state index in [1.807, 2.05) is 78.2 Å². The van der Waals surface area contributed by atoms with Gasteiger partial charge in [0.2, 0.25) is 0 Å². The van der Waals surface area contributed by atoms with E-state index in [0.29, 0.717) is 16.9 Å². The predicted molar refractivity (Wildman–Crippen MR) is 192 cm³/mol. The van der Waals surface area contributed by atoms with Gasteiger partial charge in [0.1, 0.15) is 42.0 Å². The van der Waals surface area contributed by atoms with E-state index in [1.165, 1.54) is 13.3 Å². The molecular weight excluding hydrogens is 687 g/mol. The van der Waals surface area contributed by atoms with Crippen molar-refractivity contribution in [3.63, 3.8) is 0 Å². The lowest BCUT2D eigenvalue weighted by molar-refractivity contribution is -0.187. The third kappa shape index (κ3) is 6.55. The van der Waals surface area contributed by atoms with E-state index in [9.17, 15) is 9.69 Å². The van der Waals surface area contributed by atoms with Gasteiger partial charge in [-0.25, -0.2) is 24.5 Å². The number of carbonyl (C=O) groups is 1. The highest BCUT2D eigenvalue weighted by atomic mass is 31.2. The average Bonchev–Trinajstić information content (AvgIpc) is 3.87. The minimum Gasteiger partial charge on any atom is -0.459 e. The van der Waals surface area contributed by atoms with Gasteiger partial charge in [0, 0.05) is 18.2 Å². The first-order valence-corrected chi connectivity index (χ1v) is 19.0. The Morgan fingerprint density at radius 3 is 2.67 bits per heavy atom. The number of aromatic nitrogens is 4. The van der Waals surface area contributed by atoms with Gasteiger partial charge in [-0.15, -0.1) is 0 Å². The minimum absolute atomic E-state index is 0.0582. The lowest BCUT2D eigenvalue weighted by Gasteiger charge is -2.44. The lowest BCUT2D eigenvalue weighted by Crippen LogP contribution is -2.58. The number of anilines is 1. The number of hydrogen-bond acceptors (Lipinski definition) is 12. The minimum atomic E-state index is -4.16. The van der Waals surface area contributed by atoms with Crippen molar-refractivity contribution < 1.29 is 37.7 Å². The summed E-state index contributed by atoms with van der Waals surface area (Å²) in [7, 11) is -4.16. The maximum absolute atomic E-state index is 13.2. The first-order valence-electron chi connectivity index (χ1n) is 17.4. The first-order chi connectivity index (χ1) is 25.2. The van der Waals surface area contributed by atoms with Gasteiger partial charge in [-0.2, -0.15) is 0 Å². The van der Waals surface area contributed by atoms with E-state index in [4.69, 9.17) is 33.7 Å². The zero-order valence-electron chi connectivity index (χ0n) is 28.9. The first kappa shape index (κ1) is 34.6. The Morgan fingerprint density at radius 1 is 1.08 bits per heavy atom. The zero-order valence-corrected chi connectivity index (χ0v) is 29.8. The fraction of sp³-hybridized carbons (Fsp3) is 0.405. The van der Waals surface area contributed by atoms with Crippen LogP contribution in [0.1, 0.15) is 51.1 Å². The number of hydrogen-bond donors (Lipinski definition) is 2. The van der Waals surface area contributed by atoms with Crippen LogP contribution in [-0.2, 0) is 34.9 Å². The Kier molecular flexibility index (Phi) is 9.23. The Bertz CT molecular complexity index is 2140. The third-order valence-corrected chi connectivity index (χ3v) is 11.7. The van der Waals surface area contributed by atoms with E-state index < -0.39 is 49.4 Å². The number of rotatable bonds is 10. The molecule has 2 aliphatic heterocycles. The monoisotopic (exact) mass is 728 g/mol. The van der Waals surface area contributed by atoms with Gasteiger partial charge in [0.05, 0.1) is 25.6 Å². The Labute approximate surface area is 300 Å². The molecule has 1 spiro atoms. The van der Waals surface area contributed by atoms with Crippen LogP contribution in [0.4, 0.5) is 5.82 Å². The summed E-state index contributed by atoms with van der Waals surface area (Å²) in [4.78, 5) is 38.3. The molecule has 8 rings (SSSR count). The summed E-state index contributed by atoms with van der Waals surface area (Å²) in [6, 6.07) is 20.9. The van der Waals surface area contributed by atoms with Crippen LogP contribution < -0.4 is 10.3 Å². The van der Waals surface area contributed by atoms with Crippen molar-refractivity contribution in [3.05, 3.63) is 91.0 Å². The summed E-state index contributed by atoms with van der Waals surface area (Å²) in [6.45, 7) is 3.62. The quantitative estimate of drug-likeness (QED) is 0.125. The maximum atomic E-state index is 13.2. The lowest BCUT2D eigenvalue weighted by atomic mass is 9.85. The van der Waals surface area contributed by atoms with Crippen LogP contribution in [0.2, 0.25) is 0 Å². The summed E-state index contributed by atoms with van der Waals surface area (Å²) in [5.41, 5.74) is 7.07. The fourth-order valence-corrected chi connectivity index (χ4v) is 8.95. The molecule has 0 radical (unpaired) electrons. The second-order valence-corrected chi connectivity index (χ2v) is 15.3. The van der Waals surface area contributed by atoms with Crippen molar-refractivity contribution in [2.75, 3.05) is 18.9 Å². The van der Waals surface area contributed by atoms with Gasteiger partial charge in [-0.1, -0.05) is 66.7 Å². The summed E-state index contributed by atoms with van der Waals surface area (Å²) in [5, 5.41) is 1.65. The van der Waals surface area contributed by atoms with Crippen LogP contribution in [0, 0.1) is 0 Å². The number of imidazole rings is 1. The van der Waals surface area contributed by atoms with Crippen molar-refractivity contribution >= 4 is 41.5 Å². The second-order valence-electron chi connectivity index (χ2n) is 13.7. The van der Waals surface area contributed by atoms with Crippen LogP contribution in [0.25, 0.3) is 21.9 Å². The summed E-state index contributed by atoms with van der Waals surface area (Å²) >= 11 is 0. The number of benzene rings is 3. The number of fused-ring (bicyclic) bond motifs is 3. The Morgan fingerprint density at radius 2 is 1.85 bits per heavy atom. The molecule has 0 bridgehead atoms. The fourth-order valence-electron chi connectivity index (χ4n) is 7.50. The van der Waals surface area contributed by atoms with Gasteiger partial charge in [0.25, 0.3) is 0 Å². The molecule has 3 N–H and O–H groups in total. The smallest absolute Gasteiger partial charge is 0.408 e. The number of nitrogens with zero attached hydrogens (tertiary/aromatic N) is 5. The molecule has 3 aliphatic rings. The number of nitrogens with two attached hydrogens (primary N) is 1. The van der Waals surface area contributed by atoms with Gasteiger partial charge in [-0.05, 0) is 43.7 Å². The molecule has 1 saturated carbocycles. The number of carbonyl (C=O) groups excluding carboxylic acids is 1. The van der Waals surface area contributed by atoms with Gasteiger partial charge in [0.15, 0.2) is 23.3 Å². The molecule has 3 aromatic carbocycles. The van der Waals surface area contributed by atoms with Crippen LogP contribution in [0.5, 0.6) is 5.75 Å². The van der Waals surface area contributed by atoms with Crippen LogP contribution in [0.15, 0.2) is 90.2 Å².